The SMILES string of the molecule is COC(=O)c1c(NC(=O)CN2CCN(S(=O)(=O)c3cccs3)CC2)sc2c1CC[C@@H](C)C2. The quantitative estimate of drug-likeness (QED) is 0.617. The number of hydrogen-bond acceptors (Lipinski definition) is 8. The van der Waals surface area contributed by atoms with Crippen molar-refractivity contribution in [3.63, 3.8) is 0 Å². The highest BCUT2D eigenvalue weighted by Crippen LogP contribution is 2.40. The fourth-order valence-corrected chi connectivity index (χ4v) is 8.17. The summed E-state index contributed by atoms with van der Waals surface area (Å²) in [5, 5.41) is 5.22. The highest BCUT2D eigenvalue weighted by atomic mass is 32.2. The Morgan fingerprint density at radius 1 is 1.25 bits per heavy atom. The van der Waals surface area contributed by atoms with Crippen LogP contribution >= 0.6 is 22.7 Å². The molecule has 1 aliphatic carbocycles. The van der Waals surface area contributed by atoms with Crippen LogP contribution in [0.15, 0.2) is 21.7 Å². The van der Waals surface area contributed by atoms with Crippen molar-refractivity contribution in [1.29, 1.82) is 0 Å². The molecule has 3 heterocycles. The number of rotatable bonds is 6. The van der Waals surface area contributed by atoms with E-state index in [1.165, 1.54) is 34.1 Å². The van der Waals surface area contributed by atoms with Crippen LogP contribution in [0.25, 0.3) is 0 Å². The average Bonchev–Trinajstić information content (AvgIpc) is 3.41. The van der Waals surface area contributed by atoms with E-state index in [-0.39, 0.29) is 12.5 Å². The highest BCUT2D eigenvalue weighted by Gasteiger charge is 2.31. The molecule has 174 valence electrons. The Labute approximate surface area is 196 Å². The van der Waals surface area contributed by atoms with Crippen LogP contribution in [0.1, 0.15) is 34.1 Å². The van der Waals surface area contributed by atoms with Gasteiger partial charge in [0.25, 0.3) is 10.0 Å². The van der Waals surface area contributed by atoms with Crippen LogP contribution in [0.4, 0.5) is 5.00 Å². The molecule has 2 aromatic rings. The summed E-state index contributed by atoms with van der Waals surface area (Å²) in [5.74, 6) is -0.0759. The zero-order chi connectivity index (χ0) is 22.9. The molecule has 0 bridgehead atoms. The molecular weight excluding hydrogens is 470 g/mol. The summed E-state index contributed by atoms with van der Waals surface area (Å²) in [6, 6.07) is 3.34. The lowest BCUT2D eigenvalue weighted by Crippen LogP contribution is -2.50. The van der Waals surface area contributed by atoms with E-state index in [0.717, 1.165) is 29.7 Å². The first kappa shape index (κ1) is 23.4. The van der Waals surface area contributed by atoms with Gasteiger partial charge in [0.1, 0.15) is 9.21 Å². The van der Waals surface area contributed by atoms with Crippen LogP contribution < -0.4 is 5.32 Å². The number of sulfonamides is 1. The minimum Gasteiger partial charge on any atom is -0.465 e. The zero-order valence-corrected chi connectivity index (χ0v) is 20.6. The molecule has 1 N–H and O–H groups in total. The van der Waals surface area contributed by atoms with Gasteiger partial charge in [-0.1, -0.05) is 13.0 Å². The summed E-state index contributed by atoms with van der Waals surface area (Å²) in [4.78, 5) is 28.2. The summed E-state index contributed by atoms with van der Waals surface area (Å²) in [7, 11) is -2.11. The Balaban J connectivity index is 1.38. The lowest BCUT2D eigenvalue weighted by atomic mass is 9.88. The minimum atomic E-state index is -3.47. The monoisotopic (exact) mass is 497 g/mol. The molecule has 0 radical (unpaired) electrons. The first-order chi connectivity index (χ1) is 15.3. The largest absolute Gasteiger partial charge is 0.465 e. The summed E-state index contributed by atoms with van der Waals surface area (Å²) in [6.45, 7) is 3.96. The predicted molar refractivity (Wildman–Crippen MR) is 125 cm³/mol. The predicted octanol–water partition coefficient (Wildman–Crippen LogP) is 2.67. The van der Waals surface area contributed by atoms with Gasteiger partial charge in [-0.25, -0.2) is 13.2 Å². The number of methoxy groups -OCH3 is 1. The number of fused-ring (bicyclic) bond motifs is 1. The fraction of sp³-hybridized carbons (Fsp3) is 0.524. The second-order valence-electron chi connectivity index (χ2n) is 8.21. The Morgan fingerprint density at radius 2 is 2.00 bits per heavy atom. The molecule has 0 saturated carbocycles. The maximum Gasteiger partial charge on any atom is 0.341 e. The van der Waals surface area contributed by atoms with Gasteiger partial charge < -0.3 is 10.1 Å². The first-order valence-corrected chi connectivity index (χ1v) is 13.7. The number of anilines is 1. The molecule has 1 fully saturated rings. The number of carbonyl (C=O) groups excluding carboxylic acids is 2. The van der Waals surface area contributed by atoms with E-state index in [4.69, 9.17) is 4.74 Å². The molecule has 1 amide bonds. The standard InChI is InChI=1S/C21H27N3O5S3/c1-14-5-6-15-16(12-14)31-20(19(15)21(26)29-2)22-17(25)13-23-7-9-24(10-8-23)32(27,28)18-4-3-11-30-18/h3-4,11,14H,5-10,12-13H2,1-2H3,(H,22,25)/t14-/m1/s1. The third-order valence-electron chi connectivity index (χ3n) is 5.94. The number of hydrogen-bond donors (Lipinski definition) is 1. The Hall–Kier alpha value is -1.79. The van der Waals surface area contributed by atoms with Crippen molar-refractivity contribution >= 4 is 49.6 Å². The van der Waals surface area contributed by atoms with E-state index in [1.807, 2.05) is 4.90 Å². The van der Waals surface area contributed by atoms with Gasteiger partial charge in [0.15, 0.2) is 0 Å². The van der Waals surface area contributed by atoms with Gasteiger partial charge in [0.05, 0.1) is 19.2 Å². The summed E-state index contributed by atoms with van der Waals surface area (Å²) < 4.78 is 32.1. The molecule has 1 saturated heterocycles. The topological polar surface area (TPSA) is 96.0 Å². The number of carbonyl (C=O) groups is 2. The lowest BCUT2D eigenvalue weighted by molar-refractivity contribution is -0.117. The zero-order valence-electron chi connectivity index (χ0n) is 18.1. The minimum absolute atomic E-state index is 0.145. The molecule has 0 unspecified atom stereocenters. The van der Waals surface area contributed by atoms with Gasteiger partial charge in [-0.15, -0.1) is 22.7 Å². The summed E-state index contributed by atoms with van der Waals surface area (Å²) in [5.41, 5.74) is 1.49. The number of thiophene rings is 2. The Kier molecular flexibility index (Phi) is 7.01. The van der Waals surface area contributed by atoms with Gasteiger partial charge >= 0.3 is 5.97 Å². The molecule has 2 aromatic heterocycles. The number of esters is 1. The van der Waals surface area contributed by atoms with Gasteiger partial charge in [-0.2, -0.15) is 4.31 Å². The van der Waals surface area contributed by atoms with Crippen molar-refractivity contribution in [1.82, 2.24) is 9.21 Å². The average molecular weight is 498 g/mol. The van der Waals surface area contributed by atoms with E-state index < -0.39 is 16.0 Å². The van der Waals surface area contributed by atoms with Crippen LogP contribution in [0.2, 0.25) is 0 Å². The van der Waals surface area contributed by atoms with Crippen LogP contribution in [-0.4, -0.2) is 69.3 Å². The molecular formula is C21H27N3O5S3. The second-order valence-corrected chi connectivity index (χ2v) is 12.4. The third-order valence-corrected chi connectivity index (χ3v) is 10.4. The number of amides is 1. The summed E-state index contributed by atoms with van der Waals surface area (Å²) >= 11 is 2.67. The number of nitrogens with one attached hydrogen (secondary N) is 1. The molecule has 8 nitrogen and oxygen atoms in total. The molecule has 4 rings (SSSR count). The molecule has 2 aliphatic rings. The molecule has 0 spiro atoms. The van der Waals surface area contributed by atoms with Crippen LogP contribution in [0.5, 0.6) is 0 Å². The molecule has 1 atom stereocenters. The van der Waals surface area contributed by atoms with E-state index in [1.54, 1.807) is 17.5 Å². The van der Waals surface area contributed by atoms with Crippen molar-refractivity contribution in [2.45, 2.75) is 30.4 Å². The van der Waals surface area contributed by atoms with Gasteiger partial charge in [0, 0.05) is 31.1 Å². The van der Waals surface area contributed by atoms with Crippen LogP contribution in [0.3, 0.4) is 0 Å². The van der Waals surface area contributed by atoms with Crippen molar-refractivity contribution in [2.24, 2.45) is 5.92 Å². The fourth-order valence-electron chi connectivity index (χ4n) is 4.19. The number of nitrogens with zero attached hydrogens (tertiary/aromatic N) is 2. The van der Waals surface area contributed by atoms with Crippen molar-refractivity contribution in [3.05, 3.63) is 33.5 Å². The van der Waals surface area contributed by atoms with Gasteiger partial charge in [-0.05, 0) is 42.2 Å². The van der Waals surface area contributed by atoms with E-state index in [2.05, 4.69) is 12.2 Å². The third kappa shape index (κ3) is 4.76. The van der Waals surface area contributed by atoms with E-state index >= 15 is 0 Å². The maximum atomic E-state index is 12.8. The number of piperazine rings is 1. The van der Waals surface area contributed by atoms with Crippen LogP contribution in [-0.2, 0) is 32.4 Å². The van der Waals surface area contributed by atoms with Crippen molar-refractivity contribution in [3.8, 4) is 0 Å². The van der Waals surface area contributed by atoms with E-state index in [0.29, 0.717) is 46.9 Å². The summed E-state index contributed by atoms with van der Waals surface area (Å²) in [6.07, 6.45) is 2.73. The highest BCUT2D eigenvalue weighted by molar-refractivity contribution is 7.91. The Morgan fingerprint density at radius 3 is 2.66 bits per heavy atom. The molecule has 1 aliphatic heterocycles. The smallest absolute Gasteiger partial charge is 0.341 e. The molecule has 32 heavy (non-hydrogen) atoms. The van der Waals surface area contributed by atoms with Crippen molar-refractivity contribution in [2.75, 3.05) is 45.2 Å². The number of ether oxygens (including phenoxy) is 1. The maximum absolute atomic E-state index is 12.8. The molecule has 0 aromatic carbocycles. The van der Waals surface area contributed by atoms with Gasteiger partial charge in [-0.3, -0.25) is 9.69 Å². The first-order valence-electron chi connectivity index (χ1n) is 10.6. The lowest BCUT2D eigenvalue weighted by Gasteiger charge is -2.33. The van der Waals surface area contributed by atoms with E-state index in [9.17, 15) is 18.0 Å². The van der Waals surface area contributed by atoms with Crippen molar-refractivity contribution < 1.29 is 22.7 Å². The Bertz CT molecular complexity index is 1090. The van der Waals surface area contributed by atoms with Gasteiger partial charge in [0.2, 0.25) is 5.91 Å². The normalized spacial score (nSPS) is 20.0. The van der Waals surface area contributed by atoms with Crippen LogP contribution in [0, 0.1) is 5.92 Å². The molecule has 11 heteroatoms. The second kappa shape index (κ2) is 9.60.